The molecule has 5 heteroatoms. The lowest BCUT2D eigenvalue weighted by Crippen LogP contribution is -2.39. The number of hydrogen-bond donors (Lipinski definition) is 2. The molecule has 1 aromatic carbocycles. The molecule has 6 unspecified atom stereocenters. The Labute approximate surface area is 195 Å². The van der Waals surface area contributed by atoms with E-state index in [4.69, 9.17) is 28.2 Å². The van der Waals surface area contributed by atoms with Gasteiger partial charge >= 0.3 is 0 Å². The molecule has 0 amide bonds. The second-order valence-corrected chi connectivity index (χ2v) is 11.6. The number of piperidine rings is 1. The monoisotopic (exact) mass is 460 g/mol. The van der Waals surface area contributed by atoms with Crippen molar-refractivity contribution in [1.82, 2.24) is 10.3 Å². The summed E-state index contributed by atoms with van der Waals surface area (Å²) in [5.41, 5.74) is 2.83. The smallest absolute Gasteiger partial charge is 0.0950 e. The Morgan fingerprint density at radius 3 is 2.68 bits per heavy atom. The minimum absolute atomic E-state index is 0.0327. The van der Waals surface area contributed by atoms with Gasteiger partial charge in [0.25, 0.3) is 0 Å². The molecule has 2 N–H and O–H groups in total. The van der Waals surface area contributed by atoms with Crippen molar-refractivity contribution in [2.75, 3.05) is 6.54 Å². The lowest BCUT2D eigenvalue weighted by molar-refractivity contribution is 0.115. The molecule has 168 valence electrons. The molecule has 1 aromatic heterocycles. The van der Waals surface area contributed by atoms with Gasteiger partial charge in [-0.15, -0.1) is 0 Å². The highest BCUT2D eigenvalue weighted by Crippen LogP contribution is 2.54. The third-order valence-electron chi connectivity index (χ3n) is 8.36. The highest BCUT2D eigenvalue weighted by atomic mass is 35.5. The second-order valence-electron chi connectivity index (χ2n) is 10.8. The van der Waals surface area contributed by atoms with Crippen LogP contribution in [-0.2, 0) is 5.41 Å². The van der Waals surface area contributed by atoms with Gasteiger partial charge in [-0.05, 0) is 86.6 Å². The SMILES string of the molecule is CC1CCC2CC(C)(c3cc(C(O)C4CCCCN4)c4cc(Cl)cc(Cl)c4n3)CC2C1. The van der Waals surface area contributed by atoms with Gasteiger partial charge in [-0.2, -0.15) is 0 Å². The first-order valence-electron chi connectivity index (χ1n) is 12.1. The van der Waals surface area contributed by atoms with Crippen LogP contribution in [0.15, 0.2) is 18.2 Å². The normalized spacial score (nSPS) is 34.6. The fourth-order valence-corrected chi connectivity index (χ4v) is 7.26. The summed E-state index contributed by atoms with van der Waals surface area (Å²) in [5, 5.41) is 17.0. The van der Waals surface area contributed by atoms with Crippen LogP contribution >= 0.6 is 23.2 Å². The predicted molar refractivity (Wildman–Crippen MR) is 129 cm³/mol. The Morgan fingerprint density at radius 1 is 1.10 bits per heavy atom. The summed E-state index contributed by atoms with van der Waals surface area (Å²) in [6.07, 6.45) is 9.10. The van der Waals surface area contributed by atoms with Gasteiger partial charge in [-0.1, -0.05) is 49.9 Å². The number of aromatic nitrogens is 1. The first-order valence-corrected chi connectivity index (χ1v) is 12.8. The maximum absolute atomic E-state index is 11.4. The van der Waals surface area contributed by atoms with E-state index in [-0.39, 0.29) is 11.5 Å². The van der Waals surface area contributed by atoms with Gasteiger partial charge in [0.15, 0.2) is 0 Å². The largest absolute Gasteiger partial charge is 0.387 e. The summed E-state index contributed by atoms with van der Waals surface area (Å²) in [6.45, 7) is 5.73. The summed E-state index contributed by atoms with van der Waals surface area (Å²) < 4.78 is 0. The van der Waals surface area contributed by atoms with Crippen LogP contribution in [0.5, 0.6) is 0 Å². The fraction of sp³-hybridized carbons (Fsp3) is 0.654. The zero-order valence-corrected chi connectivity index (χ0v) is 20.1. The Hall–Kier alpha value is -0.870. The van der Waals surface area contributed by atoms with Crippen LogP contribution in [-0.4, -0.2) is 22.7 Å². The van der Waals surface area contributed by atoms with Crippen LogP contribution in [0.1, 0.15) is 82.6 Å². The van der Waals surface area contributed by atoms with Gasteiger partial charge in [0.1, 0.15) is 0 Å². The number of halogens is 2. The molecule has 3 aliphatic rings. The van der Waals surface area contributed by atoms with Crippen molar-refractivity contribution in [2.45, 2.75) is 82.8 Å². The molecule has 2 heterocycles. The van der Waals surface area contributed by atoms with Crippen molar-refractivity contribution in [1.29, 1.82) is 0 Å². The van der Waals surface area contributed by atoms with E-state index in [1.807, 2.05) is 6.07 Å². The third-order valence-corrected chi connectivity index (χ3v) is 8.86. The number of aliphatic hydroxyl groups excluding tert-OH is 1. The molecule has 0 radical (unpaired) electrons. The first-order chi connectivity index (χ1) is 14.8. The van der Waals surface area contributed by atoms with Crippen molar-refractivity contribution in [3.8, 4) is 0 Å². The highest BCUT2D eigenvalue weighted by molar-refractivity contribution is 6.38. The van der Waals surface area contributed by atoms with Crippen LogP contribution in [0.25, 0.3) is 10.9 Å². The van der Waals surface area contributed by atoms with E-state index in [2.05, 4.69) is 25.2 Å². The second kappa shape index (κ2) is 8.48. The van der Waals surface area contributed by atoms with Gasteiger partial charge in [-0.3, -0.25) is 4.98 Å². The molecule has 3 nitrogen and oxygen atoms in total. The lowest BCUT2D eigenvalue weighted by Gasteiger charge is -2.31. The number of nitrogens with one attached hydrogen (secondary N) is 1. The van der Waals surface area contributed by atoms with Crippen molar-refractivity contribution < 1.29 is 5.11 Å². The van der Waals surface area contributed by atoms with Crippen LogP contribution < -0.4 is 5.32 Å². The lowest BCUT2D eigenvalue weighted by atomic mass is 9.77. The van der Waals surface area contributed by atoms with Gasteiger partial charge in [0.05, 0.1) is 16.6 Å². The molecule has 2 aliphatic carbocycles. The standard InChI is InChI=1S/C26H34Cl2N2O/c1-15-6-7-16-13-26(2,14-17(16)9-15)23-12-20(25(31)22-5-3-4-8-29-22)19-10-18(27)11-21(28)24(19)30-23/h10-12,15-17,22,25,29,31H,3-9,13-14H2,1-2H3. The Morgan fingerprint density at radius 2 is 1.90 bits per heavy atom. The van der Waals surface area contributed by atoms with Gasteiger partial charge in [0.2, 0.25) is 0 Å². The van der Waals surface area contributed by atoms with E-state index in [1.54, 1.807) is 6.07 Å². The zero-order valence-electron chi connectivity index (χ0n) is 18.6. The van der Waals surface area contributed by atoms with E-state index in [0.29, 0.717) is 10.0 Å². The van der Waals surface area contributed by atoms with E-state index in [1.165, 1.54) is 38.5 Å². The zero-order chi connectivity index (χ0) is 21.8. The number of fused-ring (bicyclic) bond motifs is 2. The molecular formula is C26H34Cl2N2O. The topological polar surface area (TPSA) is 45.1 Å². The summed E-state index contributed by atoms with van der Waals surface area (Å²) in [4.78, 5) is 5.11. The van der Waals surface area contributed by atoms with Crippen molar-refractivity contribution >= 4 is 34.1 Å². The third kappa shape index (κ3) is 4.12. The Kier molecular flexibility index (Phi) is 6.01. The average molecular weight is 461 g/mol. The average Bonchev–Trinajstić information content (AvgIpc) is 3.09. The van der Waals surface area contributed by atoms with Crippen LogP contribution in [0.3, 0.4) is 0 Å². The van der Waals surface area contributed by atoms with Crippen molar-refractivity contribution in [3.05, 3.63) is 39.5 Å². The minimum Gasteiger partial charge on any atom is -0.387 e. The van der Waals surface area contributed by atoms with E-state index in [0.717, 1.165) is 59.3 Å². The fourth-order valence-electron chi connectivity index (χ4n) is 6.73. The quantitative estimate of drug-likeness (QED) is 0.527. The molecule has 31 heavy (non-hydrogen) atoms. The van der Waals surface area contributed by atoms with E-state index >= 15 is 0 Å². The maximum Gasteiger partial charge on any atom is 0.0950 e. The Bertz CT molecular complexity index is 974. The highest BCUT2D eigenvalue weighted by Gasteiger charge is 2.46. The number of nitrogens with zero attached hydrogens (tertiary/aromatic N) is 1. The summed E-state index contributed by atoms with van der Waals surface area (Å²) in [6, 6.07) is 5.93. The molecule has 1 saturated heterocycles. The minimum atomic E-state index is -0.591. The first kappa shape index (κ1) is 21.9. The molecule has 6 atom stereocenters. The predicted octanol–water partition coefficient (Wildman–Crippen LogP) is 6.82. The Balaban J connectivity index is 1.59. The summed E-state index contributed by atoms with van der Waals surface area (Å²) in [7, 11) is 0. The number of benzene rings is 1. The molecule has 0 spiro atoms. The van der Waals surface area contributed by atoms with Gasteiger partial charge in [-0.25, -0.2) is 0 Å². The summed E-state index contributed by atoms with van der Waals surface area (Å²) in [5.74, 6) is 2.42. The van der Waals surface area contributed by atoms with Crippen LogP contribution in [0, 0.1) is 17.8 Å². The van der Waals surface area contributed by atoms with E-state index in [9.17, 15) is 5.11 Å². The number of pyridine rings is 1. The van der Waals surface area contributed by atoms with Crippen LogP contribution in [0.4, 0.5) is 0 Å². The van der Waals surface area contributed by atoms with Crippen molar-refractivity contribution in [2.24, 2.45) is 17.8 Å². The molecule has 2 saturated carbocycles. The molecular weight excluding hydrogens is 427 g/mol. The molecule has 3 fully saturated rings. The number of rotatable bonds is 3. The molecule has 1 aliphatic heterocycles. The molecule has 0 bridgehead atoms. The number of aliphatic hydroxyl groups is 1. The van der Waals surface area contributed by atoms with Crippen LogP contribution in [0.2, 0.25) is 10.0 Å². The molecule has 2 aromatic rings. The summed E-state index contributed by atoms with van der Waals surface area (Å²) >= 11 is 13.0. The maximum atomic E-state index is 11.4. The number of hydrogen-bond acceptors (Lipinski definition) is 3. The molecule has 5 rings (SSSR count). The van der Waals surface area contributed by atoms with E-state index < -0.39 is 6.10 Å². The van der Waals surface area contributed by atoms with Crippen molar-refractivity contribution in [3.63, 3.8) is 0 Å². The van der Waals surface area contributed by atoms with Gasteiger partial charge < -0.3 is 10.4 Å². The van der Waals surface area contributed by atoms with Gasteiger partial charge in [0, 0.05) is 27.6 Å².